The maximum Gasteiger partial charge on any atom is 0.416 e. The molecule has 2 saturated heterocycles. The quantitative estimate of drug-likeness (QED) is 0.100. The number of benzene rings is 3. The lowest BCUT2D eigenvalue weighted by molar-refractivity contribution is -0.138. The number of nitrogen functional groups attached to an aromatic ring is 1. The van der Waals surface area contributed by atoms with Crippen LogP contribution in [0.25, 0.3) is 10.9 Å². The Hall–Kier alpha value is -6.46. The van der Waals surface area contributed by atoms with Crippen molar-refractivity contribution in [2.24, 2.45) is 0 Å². The summed E-state index contributed by atoms with van der Waals surface area (Å²) >= 11 is 0. The lowest BCUT2D eigenvalue weighted by Gasteiger charge is -2.29. The third kappa shape index (κ3) is 8.24. The van der Waals surface area contributed by atoms with E-state index in [0.29, 0.717) is 69.4 Å². The van der Waals surface area contributed by atoms with E-state index in [-0.39, 0.29) is 43.4 Å². The molecule has 298 valence electrons. The summed E-state index contributed by atoms with van der Waals surface area (Å²) in [5, 5.41) is 8.65. The van der Waals surface area contributed by atoms with E-state index >= 15 is 0 Å². The van der Waals surface area contributed by atoms with Crippen molar-refractivity contribution in [2.75, 3.05) is 36.6 Å². The Morgan fingerprint density at radius 2 is 1.84 bits per heavy atom. The Morgan fingerprint density at radius 1 is 1.05 bits per heavy atom. The fraction of sp³-hybridized carbons (Fsp3) is 0.359. The first kappa shape index (κ1) is 38.8. The van der Waals surface area contributed by atoms with Gasteiger partial charge in [-0.1, -0.05) is 6.07 Å². The van der Waals surface area contributed by atoms with Crippen LogP contribution < -0.4 is 31.2 Å². The van der Waals surface area contributed by atoms with Crippen molar-refractivity contribution in [3.8, 4) is 11.5 Å². The molecule has 0 aliphatic carbocycles. The first-order valence-electron chi connectivity index (χ1n) is 18.2. The number of amides is 5. The molecule has 0 radical (unpaired) electrons. The van der Waals surface area contributed by atoms with Crippen molar-refractivity contribution < 1.29 is 46.6 Å². The maximum absolute atomic E-state index is 13.5. The first-order chi connectivity index (χ1) is 27.1. The second kappa shape index (κ2) is 15.2. The first-order valence-corrected chi connectivity index (χ1v) is 18.2. The molecule has 1 aromatic heterocycles. The molecule has 3 atom stereocenters. The van der Waals surface area contributed by atoms with Crippen molar-refractivity contribution in [1.82, 2.24) is 25.1 Å². The highest BCUT2D eigenvalue weighted by atomic mass is 19.4. The summed E-state index contributed by atoms with van der Waals surface area (Å²) < 4.78 is 52.5. The molecule has 57 heavy (non-hydrogen) atoms. The Balaban J connectivity index is 0.988. The Labute approximate surface area is 324 Å². The second-order valence-electron chi connectivity index (χ2n) is 14.3. The van der Waals surface area contributed by atoms with E-state index in [0.717, 1.165) is 12.1 Å². The topological polar surface area (TPSA) is 198 Å². The zero-order valence-corrected chi connectivity index (χ0v) is 31.2. The largest absolute Gasteiger partial charge is 0.493 e. The van der Waals surface area contributed by atoms with Gasteiger partial charge >= 0.3 is 6.18 Å². The fourth-order valence-corrected chi connectivity index (χ4v) is 7.31. The van der Waals surface area contributed by atoms with Crippen molar-refractivity contribution in [3.63, 3.8) is 0 Å². The van der Waals surface area contributed by atoms with Gasteiger partial charge in [0.25, 0.3) is 5.91 Å². The number of aryl methyl sites for hydroxylation is 1. The fourth-order valence-electron chi connectivity index (χ4n) is 7.31. The molecule has 15 nitrogen and oxygen atoms in total. The Morgan fingerprint density at radius 3 is 2.58 bits per heavy atom. The highest BCUT2D eigenvalue weighted by Crippen LogP contribution is 2.38. The van der Waals surface area contributed by atoms with E-state index in [1.165, 1.54) is 29.0 Å². The predicted molar refractivity (Wildman–Crippen MR) is 200 cm³/mol. The number of rotatable bonds is 10. The van der Waals surface area contributed by atoms with Gasteiger partial charge in [-0.25, -0.2) is 9.97 Å². The monoisotopic (exact) mass is 788 g/mol. The highest BCUT2D eigenvalue weighted by molar-refractivity contribution is 6.07. The number of nitrogens with one attached hydrogen (secondary N) is 3. The van der Waals surface area contributed by atoms with E-state index in [1.54, 1.807) is 38.1 Å². The number of likely N-dealkylation sites (tertiary alicyclic amines) is 1. The minimum atomic E-state index is -4.57. The van der Waals surface area contributed by atoms with Crippen molar-refractivity contribution >= 4 is 57.6 Å². The van der Waals surface area contributed by atoms with Gasteiger partial charge in [-0.3, -0.25) is 29.3 Å². The number of piperidine rings is 1. The minimum absolute atomic E-state index is 0.0271. The number of imide groups is 1. The Kier molecular flexibility index (Phi) is 10.4. The number of alkyl halides is 3. The summed E-state index contributed by atoms with van der Waals surface area (Å²) in [4.78, 5) is 75.2. The van der Waals surface area contributed by atoms with Crippen LogP contribution in [0.15, 0.2) is 48.5 Å². The Bertz CT molecular complexity index is 2320. The molecule has 0 saturated carbocycles. The van der Waals surface area contributed by atoms with E-state index in [2.05, 4.69) is 25.9 Å². The molecule has 4 heterocycles. The molecule has 0 spiro atoms. The molecule has 2 fully saturated rings. The number of ether oxygens (including phenoxy) is 2. The molecular formula is C39H39F3N8O7. The van der Waals surface area contributed by atoms with Crippen molar-refractivity contribution in [1.29, 1.82) is 0 Å². The molecule has 1 unspecified atom stereocenters. The van der Waals surface area contributed by atoms with Crippen LogP contribution in [0.3, 0.4) is 0 Å². The van der Waals surface area contributed by atoms with E-state index in [9.17, 15) is 37.1 Å². The van der Waals surface area contributed by atoms with Crippen LogP contribution in [-0.4, -0.2) is 81.6 Å². The molecular weight excluding hydrogens is 749 g/mol. The van der Waals surface area contributed by atoms with Crippen LogP contribution >= 0.6 is 0 Å². The molecule has 3 aliphatic rings. The van der Waals surface area contributed by atoms with Crippen LogP contribution in [0.1, 0.15) is 71.5 Å². The minimum Gasteiger partial charge on any atom is -0.493 e. The lowest BCUT2D eigenvalue weighted by atomic mass is 10.0. The number of halogens is 3. The molecule has 5 N–H and O–H groups in total. The van der Waals surface area contributed by atoms with E-state index < -0.39 is 54.1 Å². The zero-order valence-electron chi connectivity index (χ0n) is 31.2. The predicted octanol–water partition coefficient (Wildman–Crippen LogP) is 4.49. The number of carbonyl (C=O) groups excluding carboxylic acids is 5. The van der Waals surface area contributed by atoms with Gasteiger partial charge in [0.1, 0.15) is 30.2 Å². The van der Waals surface area contributed by atoms with E-state index in [1.807, 2.05) is 0 Å². The number of nitrogens with zero attached hydrogens (tertiary/aromatic N) is 4. The number of hydrogen-bond acceptors (Lipinski definition) is 11. The maximum atomic E-state index is 13.5. The smallest absolute Gasteiger partial charge is 0.416 e. The molecule has 7 rings (SSSR count). The summed E-state index contributed by atoms with van der Waals surface area (Å²) in [6.45, 7) is 4.07. The normalized spacial score (nSPS) is 18.7. The van der Waals surface area contributed by atoms with Gasteiger partial charge in [0, 0.05) is 54.3 Å². The summed E-state index contributed by atoms with van der Waals surface area (Å²) in [5.41, 5.74) is 7.04. The van der Waals surface area contributed by atoms with E-state index in [4.69, 9.17) is 15.2 Å². The molecule has 5 amide bonds. The van der Waals surface area contributed by atoms with Gasteiger partial charge < -0.3 is 35.6 Å². The average Bonchev–Trinajstić information content (AvgIpc) is 3.75. The third-order valence-electron chi connectivity index (χ3n) is 10.2. The standard InChI is InChI=1S/C39H39F3N8O7/c1-19(22-10-23(39(40,41)42)12-24(43)11-22)44-36-28-14-32(31(56-3)15-29(28)45-20(2)46-36)57-26-8-9-49(18-26)35(53)16-34(52)47-25-5-4-21-17-50(38(55)27(21)13-25)30-6-7-33(51)48-37(30)54/h4-5,10-15,19,26,30H,6-9,16-18,43H2,1-3H3,(H,47,52)(H,44,45,46)(H,48,51,54)/t19-,26+,30?/m1/s1. The van der Waals surface area contributed by atoms with Gasteiger partial charge in [0.15, 0.2) is 11.5 Å². The number of anilines is 3. The highest BCUT2D eigenvalue weighted by Gasteiger charge is 2.39. The number of methoxy groups -OCH3 is 1. The lowest BCUT2D eigenvalue weighted by Crippen LogP contribution is -2.52. The van der Waals surface area contributed by atoms with Gasteiger partial charge in [-0.2, -0.15) is 13.2 Å². The second-order valence-corrected chi connectivity index (χ2v) is 14.3. The summed E-state index contributed by atoms with van der Waals surface area (Å²) in [6.07, 6.45) is -4.68. The van der Waals surface area contributed by atoms with Gasteiger partial charge in [-0.15, -0.1) is 0 Å². The molecule has 4 aromatic rings. The number of carbonyl (C=O) groups is 5. The number of fused-ring (bicyclic) bond motifs is 2. The van der Waals surface area contributed by atoms with Gasteiger partial charge in [0.2, 0.25) is 23.6 Å². The number of nitrogens with two attached hydrogens (primary N) is 1. The van der Waals surface area contributed by atoms with Crippen molar-refractivity contribution in [2.45, 2.75) is 70.4 Å². The third-order valence-corrected chi connectivity index (χ3v) is 10.2. The van der Waals surface area contributed by atoms with Gasteiger partial charge in [-0.05, 0) is 67.8 Å². The van der Waals surface area contributed by atoms with Crippen LogP contribution in [0.4, 0.5) is 30.4 Å². The van der Waals surface area contributed by atoms with Crippen LogP contribution in [0, 0.1) is 6.92 Å². The average molecular weight is 789 g/mol. The summed E-state index contributed by atoms with van der Waals surface area (Å²) in [7, 11) is 1.47. The molecule has 3 aromatic carbocycles. The van der Waals surface area contributed by atoms with Crippen LogP contribution in [0.2, 0.25) is 0 Å². The summed E-state index contributed by atoms with van der Waals surface area (Å²) in [5.74, 6) is -0.838. The summed E-state index contributed by atoms with van der Waals surface area (Å²) in [6, 6.07) is 10.1. The van der Waals surface area contributed by atoms with Crippen molar-refractivity contribution in [3.05, 3.63) is 76.6 Å². The van der Waals surface area contributed by atoms with Crippen LogP contribution in [-0.2, 0) is 31.9 Å². The molecule has 3 aliphatic heterocycles. The van der Waals surface area contributed by atoms with Crippen LogP contribution in [0.5, 0.6) is 11.5 Å². The molecule has 0 bridgehead atoms. The van der Waals surface area contributed by atoms with Gasteiger partial charge in [0.05, 0.1) is 30.8 Å². The number of aromatic nitrogens is 2. The number of hydrogen-bond donors (Lipinski definition) is 4. The molecule has 18 heteroatoms. The SMILES string of the molecule is COc1cc2nc(C)nc(N[C@H](C)c3cc(N)cc(C(F)(F)F)c3)c2cc1O[C@H]1CCN(C(=O)CC(=O)Nc2ccc3c(c2)C(=O)N(C2CCC(=O)NC2=O)C3)C1. The zero-order chi connectivity index (χ0) is 40.8.